The highest BCUT2D eigenvalue weighted by atomic mass is 79.9. The van der Waals surface area contributed by atoms with E-state index in [1.54, 1.807) is 19.2 Å². The van der Waals surface area contributed by atoms with Crippen LogP contribution >= 0.6 is 15.9 Å². The van der Waals surface area contributed by atoms with Crippen molar-refractivity contribution in [3.63, 3.8) is 0 Å². The molecule has 98 valence electrons. The summed E-state index contributed by atoms with van der Waals surface area (Å²) in [5.41, 5.74) is 0.469. The molecular weight excluding hydrogens is 320 g/mol. The van der Waals surface area contributed by atoms with Gasteiger partial charge in [-0.05, 0) is 22.0 Å². The van der Waals surface area contributed by atoms with Crippen LogP contribution in [-0.2, 0) is 9.84 Å². The average molecular weight is 333 g/mol. The number of nitrogens with zero attached hydrogens (tertiary/aromatic N) is 2. The molecule has 18 heavy (non-hydrogen) atoms. The summed E-state index contributed by atoms with van der Waals surface area (Å²) < 4.78 is 23.9. The Morgan fingerprint density at radius 3 is 2.72 bits per heavy atom. The van der Waals surface area contributed by atoms with E-state index in [9.17, 15) is 13.2 Å². The van der Waals surface area contributed by atoms with Crippen LogP contribution in [0.25, 0.3) is 0 Å². The number of hydrogen-bond donors (Lipinski definition) is 0. The van der Waals surface area contributed by atoms with Crippen LogP contribution in [0.3, 0.4) is 0 Å². The lowest BCUT2D eigenvalue weighted by Gasteiger charge is -2.38. The van der Waals surface area contributed by atoms with Crippen molar-refractivity contribution in [1.82, 2.24) is 9.88 Å². The highest BCUT2D eigenvalue weighted by molar-refractivity contribution is 9.10. The van der Waals surface area contributed by atoms with Crippen LogP contribution in [0.2, 0.25) is 0 Å². The van der Waals surface area contributed by atoms with Gasteiger partial charge in [0.05, 0.1) is 10.8 Å². The van der Waals surface area contributed by atoms with E-state index < -0.39 is 15.1 Å². The van der Waals surface area contributed by atoms with Gasteiger partial charge in [0, 0.05) is 35.7 Å². The summed E-state index contributed by atoms with van der Waals surface area (Å²) >= 11 is 3.25. The number of aromatic nitrogens is 1. The molecule has 1 amide bonds. The zero-order chi connectivity index (χ0) is 13.3. The fourth-order valence-corrected chi connectivity index (χ4v) is 3.43. The molecule has 2 rings (SSSR count). The molecule has 1 aliphatic rings. The summed E-state index contributed by atoms with van der Waals surface area (Å²) in [5, 5.41) is -0.411. The van der Waals surface area contributed by atoms with Gasteiger partial charge in [0.15, 0.2) is 9.84 Å². The fraction of sp³-hybridized carbons (Fsp3) is 0.455. The molecule has 0 unspecified atom stereocenters. The maximum atomic E-state index is 12.0. The molecule has 1 fully saturated rings. The molecule has 0 saturated carbocycles. The average Bonchev–Trinajstić information content (AvgIpc) is 2.26. The fourth-order valence-electron chi connectivity index (χ4n) is 1.78. The molecule has 0 spiro atoms. The second-order valence-corrected chi connectivity index (χ2v) is 7.66. The van der Waals surface area contributed by atoms with Gasteiger partial charge in [-0.25, -0.2) is 8.42 Å². The van der Waals surface area contributed by atoms with Crippen LogP contribution in [0.15, 0.2) is 22.9 Å². The van der Waals surface area contributed by atoms with E-state index in [4.69, 9.17) is 0 Å². The van der Waals surface area contributed by atoms with Crippen LogP contribution in [-0.4, -0.2) is 48.3 Å². The maximum Gasteiger partial charge on any atom is 0.255 e. The number of halogens is 1. The molecule has 7 heteroatoms. The minimum absolute atomic E-state index is 0.123. The molecule has 1 aromatic heterocycles. The number of carbonyl (C=O) groups excluding carboxylic acids is 1. The molecule has 1 aliphatic heterocycles. The van der Waals surface area contributed by atoms with Crippen LogP contribution < -0.4 is 0 Å². The van der Waals surface area contributed by atoms with Gasteiger partial charge < -0.3 is 4.90 Å². The highest BCUT2D eigenvalue weighted by Gasteiger charge is 2.38. The first-order valence-corrected chi connectivity index (χ1v) is 8.06. The Morgan fingerprint density at radius 1 is 1.50 bits per heavy atom. The Kier molecular flexibility index (Phi) is 3.72. The SMILES string of the molecule is CCS(=O)(=O)C1CN(C(=O)c2cncc(Br)c2)C1. The van der Waals surface area contributed by atoms with Crippen molar-refractivity contribution >= 4 is 31.7 Å². The van der Waals surface area contributed by atoms with Crippen molar-refractivity contribution < 1.29 is 13.2 Å². The third-order valence-corrected chi connectivity index (χ3v) is 5.55. The third-order valence-electron chi connectivity index (χ3n) is 3.00. The maximum absolute atomic E-state index is 12.0. The predicted octanol–water partition coefficient (Wildman–Crippen LogP) is 1.10. The van der Waals surface area contributed by atoms with Gasteiger partial charge in [0.25, 0.3) is 5.91 Å². The first-order chi connectivity index (χ1) is 8.44. The van der Waals surface area contributed by atoms with Gasteiger partial charge in [-0.3, -0.25) is 9.78 Å². The van der Waals surface area contributed by atoms with Crippen molar-refractivity contribution in [2.75, 3.05) is 18.8 Å². The zero-order valence-corrected chi connectivity index (χ0v) is 12.2. The Bertz CT molecular complexity index is 567. The summed E-state index contributed by atoms with van der Waals surface area (Å²) in [6.07, 6.45) is 3.08. The van der Waals surface area contributed by atoms with Gasteiger partial charge in [-0.1, -0.05) is 6.92 Å². The van der Waals surface area contributed by atoms with E-state index in [0.29, 0.717) is 5.56 Å². The van der Waals surface area contributed by atoms with Crippen LogP contribution in [0.4, 0.5) is 0 Å². The second kappa shape index (κ2) is 4.97. The highest BCUT2D eigenvalue weighted by Crippen LogP contribution is 2.20. The number of carbonyl (C=O) groups is 1. The Balaban J connectivity index is 2.03. The molecule has 1 aromatic rings. The lowest BCUT2D eigenvalue weighted by atomic mass is 10.1. The molecule has 0 aliphatic carbocycles. The first kappa shape index (κ1) is 13.5. The Morgan fingerprint density at radius 2 is 2.17 bits per heavy atom. The summed E-state index contributed by atoms with van der Waals surface area (Å²) in [4.78, 5) is 17.5. The van der Waals surface area contributed by atoms with Gasteiger partial charge in [-0.15, -0.1) is 0 Å². The topological polar surface area (TPSA) is 67.3 Å². The number of likely N-dealkylation sites (tertiary alicyclic amines) is 1. The number of pyridine rings is 1. The molecule has 0 aromatic carbocycles. The summed E-state index contributed by atoms with van der Waals surface area (Å²) in [5.74, 6) is -0.0515. The largest absolute Gasteiger partial charge is 0.336 e. The smallest absolute Gasteiger partial charge is 0.255 e. The van der Waals surface area contributed by atoms with Crippen molar-refractivity contribution in [3.8, 4) is 0 Å². The van der Waals surface area contributed by atoms with E-state index in [1.807, 2.05) is 0 Å². The summed E-state index contributed by atoms with van der Waals surface area (Å²) in [6, 6.07) is 1.68. The van der Waals surface area contributed by atoms with Gasteiger partial charge >= 0.3 is 0 Å². The van der Waals surface area contributed by atoms with Crippen molar-refractivity contribution in [3.05, 3.63) is 28.5 Å². The quantitative estimate of drug-likeness (QED) is 0.831. The minimum atomic E-state index is -3.04. The van der Waals surface area contributed by atoms with Crippen LogP contribution in [0, 0.1) is 0 Å². The van der Waals surface area contributed by atoms with Crippen LogP contribution in [0.1, 0.15) is 17.3 Å². The molecule has 0 atom stereocenters. The van der Waals surface area contributed by atoms with Gasteiger partial charge in [-0.2, -0.15) is 0 Å². The van der Waals surface area contributed by atoms with Gasteiger partial charge in [0.1, 0.15) is 0 Å². The van der Waals surface area contributed by atoms with Crippen LogP contribution in [0.5, 0.6) is 0 Å². The van der Waals surface area contributed by atoms with E-state index >= 15 is 0 Å². The molecule has 0 N–H and O–H groups in total. The first-order valence-electron chi connectivity index (χ1n) is 5.55. The minimum Gasteiger partial charge on any atom is -0.336 e. The predicted molar refractivity (Wildman–Crippen MR) is 71.1 cm³/mol. The molecule has 1 saturated heterocycles. The number of sulfone groups is 1. The zero-order valence-electron chi connectivity index (χ0n) is 9.84. The lowest BCUT2D eigenvalue weighted by Crippen LogP contribution is -2.57. The van der Waals surface area contributed by atoms with E-state index in [2.05, 4.69) is 20.9 Å². The summed E-state index contributed by atoms with van der Waals surface area (Å²) in [7, 11) is -3.04. The van der Waals surface area contributed by atoms with Crippen molar-refractivity contribution in [2.45, 2.75) is 12.2 Å². The number of amides is 1. The van der Waals surface area contributed by atoms with E-state index in [1.165, 1.54) is 11.1 Å². The normalized spacial score (nSPS) is 16.4. The molecule has 5 nitrogen and oxygen atoms in total. The molecule has 0 bridgehead atoms. The number of hydrogen-bond acceptors (Lipinski definition) is 4. The Labute approximate surface area is 114 Å². The van der Waals surface area contributed by atoms with E-state index in [0.717, 1.165) is 4.47 Å². The Hall–Kier alpha value is -0.950. The third kappa shape index (κ3) is 2.56. The molecule has 2 heterocycles. The monoisotopic (exact) mass is 332 g/mol. The standard InChI is InChI=1S/C11H13BrN2O3S/c1-2-18(16,17)10-6-14(7-10)11(15)8-3-9(12)5-13-4-8/h3-5,10H,2,6-7H2,1H3. The lowest BCUT2D eigenvalue weighted by molar-refractivity contribution is 0.0658. The second-order valence-electron chi connectivity index (χ2n) is 4.18. The summed E-state index contributed by atoms with van der Waals surface area (Å²) in [6.45, 7) is 2.18. The van der Waals surface area contributed by atoms with Crippen molar-refractivity contribution in [1.29, 1.82) is 0 Å². The molecule has 0 radical (unpaired) electrons. The number of rotatable bonds is 3. The van der Waals surface area contributed by atoms with Gasteiger partial charge in [0.2, 0.25) is 0 Å². The van der Waals surface area contributed by atoms with E-state index in [-0.39, 0.29) is 24.7 Å². The molecular formula is C11H13BrN2O3S. The van der Waals surface area contributed by atoms with Crippen molar-refractivity contribution in [2.24, 2.45) is 0 Å².